The standard InChI is InChI=1S/C8H4Cl2F5O2P/c1-2(17-18(9,10)16)3-4(11)6(13)8(15)7(14)5(3)12/h2H,1H3. The Hall–Kier alpha value is -0.360. The summed E-state index contributed by atoms with van der Waals surface area (Å²) in [7, 11) is 0. The molecule has 0 fully saturated rings. The summed E-state index contributed by atoms with van der Waals surface area (Å²) < 4.78 is 80.1. The van der Waals surface area contributed by atoms with Crippen LogP contribution in [-0.2, 0) is 9.09 Å². The van der Waals surface area contributed by atoms with E-state index in [1.54, 1.807) is 0 Å². The van der Waals surface area contributed by atoms with Gasteiger partial charge in [0.15, 0.2) is 23.3 Å². The predicted octanol–water partition coefficient (Wildman–Crippen LogP) is 5.05. The van der Waals surface area contributed by atoms with E-state index >= 15 is 0 Å². The van der Waals surface area contributed by atoms with Gasteiger partial charge in [0.1, 0.15) is 0 Å². The SMILES string of the molecule is CC(OP(=O)(Cl)Cl)c1c(F)c(F)c(F)c(F)c1F. The van der Waals surface area contributed by atoms with E-state index in [2.05, 4.69) is 4.52 Å². The van der Waals surface area contributed by atoms with Gasteiger partial charge in [-0.1, -0.05) is 0 Å². The maximum absolute atomic E-state index is 13.3. The Morgan fingerprint density at radius 3 is 1.61 bits per heavy atom. The second-order valence-corrected chi connectivity index (χ2v) is 7.37. The van der Waals surface area contributed by atoms with Crippen LogP contribution in [0.2, 0.25) is 0 Å². The predicted molar refractivity (Wildman–Crippen MR) is 55.0 cm³/mol. The average molecular weight is 329 g/mol. The van der Waals surface area contributed by atoms with Gasteiger partial charge in [-0.05, 0) is 29.4 Å². The largest absolute Gasteiger partial charge is 0.380 e. The molecule has 0 amide bonds. The Bertz CT molecular complexity index is 504. The van der Waals surface area contributed by atoms with E-state index in [4.69, 9.17) is 22.5 Å². The zero-order valence-electron chi connectivity index (χ0n) is 8.49. The Kier molecular flexibility index (Phi) is 4.65. The summed E-state index contributed by atoms with van der Waals surface area (Å²) >= 11 is 9.97. The van der Waals surface area contributed by atoms with Gasteiger partial charge in [0.25, 0.3) is 0 Å². The van der Waals surface area contributed by atoms with Gasteiger partial charge >= 0.3 is 6.07 Å². The normalized spacial score (nSPS) is 13.8. The van der Waals surface area contributed by atoms with E-state index in [0.717, 1.165) is 6.92 Å². The summed E-state index contributed by atoms with van der Waals surface area (Å²) in [6.45, 7) is 0.885. The molecule has 1 unspecified atom stereocenters. The highest BCUT2D eigenvalue weighted by Gasteiger charge is 2.31. The number of hydrogen-bond acceptors (Lipinski definition) is 2. The quantitative estimate of drug-likeness (QED) is 0.336. The molecule has 102 valence electrons. The van der Waals surface area contributed by atoms with Crippen LogP contribution in [0.3, 0.4) is 0 Å². The zero-order valence-corrected chi connectivity index (χ0v) is 10.9. The minimum Gasteiger partial charge on any atom is -0.298 e. The first kappa shape index (κ1) is 15.7. The van der Waals surface area contributed by atoms with Crippen LogP contribution in [0.25, 0.3) is 0 Å². The van der Waals surface area contributed by atoms with Gasteiger partial charge in [0.05, 0.1) is 11.7 Å². The molecule has 10 heteroatoms. The average Bonchev–Trinajstić information content (AvgIpc) is 2.21. The summed E-state index contributed by atoms with van der Waals surface area (Å²) in [6.07, 6.45) is -5.98. The van der Waals surface area contributed by atoms with Gasteiger partial charge in [-0.2, -0.15) is 0 Å². The lowest BCUT2D eigenvalue weighted by atomic mass is 10.1. The molecular weight excluding hydrogens is 325 g/mol. The summed E-state index contributed by atoms with van der Waals surface area (Å²) in [5.41, 5.74) is -1.30. The van der Waals surface area contributed by atoms with E-state index < -0.39 is 46.8 Å². The number of hydrogen-bond donors (Lipinski definition) is 0. The first-order valence-electron chi connectivity index (χ1n) is 4.25. The molecule has 0 saturated heterocycles. The number of halogens is 7. The van der Waals surface area contributed by atoms with E-state index in [-0.39, 0.29) is 0 Å². The van der Waals surface area contributed by atoms with Crippen molar-refractivity contribution in [1.82, 2.24) is 0 Å². The van der Waals surface area contributed by atoms with Gasteiger partial charge in [-0.25, -0.2) is 22.0 Å². The molecule has 1 aromatic rings. The lowest BCUT2D eigenvalue weighted by molar-refractivity contribution is 0.224. The van der Waals surface area contributed by atoms with Crippen molar-refractivity contribution in [3.63, 3.8) is 0 Å². The van der Waals surface area contributed by atoms with Crippen molar-refractivity contribution >= 4 is 28.6 Å². The summed E-state index contributed by atoms with van der Waals surface area (Å²) in [6, 6.07) is 0. The topological polar surface area (TPSA) is 26.3 Å². The monoisotopic (exact) mass is 328 g/mol. The third-order valence-corrected chi connectivity index (χ3v) is 2.97. The highest BCUT2D eigenvalue weighted by Crippen LogP contribution is 2.60. The molecule has 1 aromatic carbocycles. The van der Waals surface area contributed by atoms with Crippen molar-refractivity contribution < 1.29 is 31.0 Å². The Morgan fingerprint density at radius 2 is 1.28 bits per heavy atom. The Balaban J connectivity index is 3.37. The lowest BCUT2D eigenvalue weighted by Crippen LogP contribution is -2.10. The minimum atomic E-state index is -4.20. The molecular formula is C8H4Cl2F5O2P. The van der Waals surface area contributed by atoms with Gasteiger partial charge < -0.3 is 0 Å². The molecule has 0 bridgehead atoms. The fourth-order valence-electron chi connectivity index (χ4n) is 1.22. The molecule has 2 nitrogen and oxygen atoms in total. The number of benzene rings is 1. The van der Waals surface area contributed by atoms with E-state index in [1.165, 1.54) is 0 Å². The molecule has 0 heterocycles. The second-order valence-electron chi connectivity index (χ2n) is 3.15. The molecule has 0 aliphatic heterocycles. The summed E-state index contributed by atoms with van der Waals surface area (Å²) in [5, 5.41) is 0. The zero-order chi connectivity index (χ0) is 14.2. The molecule has 0 aliphatic rings. The maximum atomic E-state index is 13.3. The molecule has 0 saturated carbocycles. The summed E-state index contributed by atoms with van der Waals surface area (Å²) in [4.78, 5) is 0. The lowest BCUT2D eigenvalue weighted by Gasteiger charge is -2.16. The van der Waals surface area contributed by atoms with Gasteiger partial charge in [0, 0.05) is 0 Å². The summed E-state index contributed by atoms with van der Waals surface area (Å²) in [5.74, 6) is -10.8. The fourth-order valence-corrected chi connectivity index (χ4v) is 2.41. The number of rotatable bonds is 3. The van der Waals surface area contributed by atoms with Gasteiger partial charge in [-0.15, -0.1) is 0 Å². The van der Waals surface area contributed by atoms with Gasteiger partial charge in [0.2, 0.25) is 5.82 Å². The van der Waals surface area contributed by atoms with Crippen molar-refractivity contribution in [1.29, 1.82) is 0 Å². The highest BCUT2D eigenvalue weighted by molar-refractivity contribution is 8.05. The minimum absolute atomic E-state index is 0.885. The van der Waals surface area contributed by atoms with Crippen LogP contribution in [0.15, 0.2) is 0 Å². The van der Waals surface area contributed by atoms with Crippen molar-refractivity contribution in [2.75, 3.05) is 0 Å². The van der Waals surface area contributed by atoms with Crippen LogP contribution < -0.4 is 0 Å². The van der Waals surface area contributed by atoms with Crippen molar-refractivity contribution in [2.24, 2.45) is 0 Å². The molecule has 18 heavy (non-hydrogen) atoms. The molecule has 1 atom stereocenters. The second kappa shape index (κ2) is 5.33. The Labute approximate surface area is 108 Å². The molecule has 0 radical (unpaired) electrons. The van der Waals surface area contributed by atoms with Gasteiger partial charge in [-0.3, -0.25) is 9.09 Å². The first-order valence-corrected chi connectivity index (χ1v) is 7.68. The molecule has 1 rings (SSSR count). The Morgan fingerprint density at radius 1 is 0.944 bits per heavy atom. The van der Waals surface area contributed by atoms with Crippen LogP contribution >= 0.6 is 28.6 Å². The van der Waals surface area contributed by atoms with Crippen LogP contribution in [0.4, 0.5) is 22.0 Å². The third kappa shape index (κ3) is 3.15. The maximum Gasteiger partial charge on any atom is 0.380 e. The van der Waals surface area contributed by atoms with Crippen LogP contribution in [0.5, 0.6) is 0 Å². The fraction of sp³-hybridized carbons (Fsp3) is 0.250. The van der Waals surface area contributed by atoms with E-state index in [1.807, 2.05) is 0 Å². The smallest absolute Gasteiger partial charge is 0.298 e. The highest BCUT2D eigenvalue weighted by atomic mass is 35.9. The first-order chi connectivity index (χ1) is 8.06. The van der Waals surface area contributed by atoms with E-state index in [0.29, 0.717) is 0 Å². The third-order valence-electron chi connectivity index (χ3n) is 1.93. The van der Waals surface area contributed by atoms with Crippen LogP contribution in [-0.4, -0.2) is 0 Å². The van der Waals surface area contributed by atoms with E-state index in [9.17, 15) is 26.5 Å². The molecule has 0 aliphatic carbocycles. The molecule has 0 N–H and O–H groups in total. The van der Waals surface area contributed by atoms with Crippen LogP contribution in [0, 0.1) is 29.1 Å². The van der Waals surface area contributed by atoms with Crippen molar-refractivity contribution in [3.05, 3.63) is 34.6 Å². The molecule has 0 aromatic heterocycles. The molecule has 0 spiro atoms. The van der Waals surface area contributed by atoms with Crippen molar-refractivity contribution in [2.45, 2.75) is 13.0 Å². The van der Waals surface area contributed by atoms with Crippen LogP contribution in [0.1, 0.15) is 18.6 Å². The van der Waals surface area contributed by atoms with Crippen molar-refractivity contribution in [3.8, 4) is 0 Å².